The molecule has 8 heteroatoms. The zero-order chi connectivity index (χ0) is 15.3. The van der Waals surface area contributed by atoms with Crippen LogP contribution in [0.4, 0.5) is 0 Å². The zero-order valence-electron chi connectivity index (χ0n) is 11.6. The third-order valence-corrected chi connectivity index (χ3v) is 4.09. The molecule has 0 spiro atoms. The summed E-state index contributed by atoms with van der Waals surface area (Å²) < 4.78 is 27.3. The lowest BCUT2D eigenvalue weighted by Gasteiger charge is -2.12. The number of hydrogen-bond acceptors (Lipinski definition) is 7. The molecular weight excluding hydrogens is 294 g/mol. The van der Waals surface area contributed by atoms with Crippen molar-refractivity contribution in [3.05, 3.63) is 42.0 Å². The SMILES string of the molecule is CS(=O)(=O)c1ccc(C(O)CNCCc2ncon2)cc1. The Morgan fingerprint density at radius 3 is 2.62 bits per heavy atom. The lowest BCUT2D eigenvalue weighted by atomic mass is 10.1. The predicted octanol–water partition coefficient (Wildman–Crippen LogP) is 0.339. The van der Waals surface area contributed by atoms with Gasteiger partial charge in [-0.25, -0.2) is 8.42 Å². The van der Waals surface area contributed by atoms with E-state index in [0.717, 1.165) is 6.26 Å². The molecule has 1 unspecified atom stereocenters. The van der Waals surface area contributed by atoms with E-state index in [9.17, 15) is 13.5 Å². The minimum absolute atomic E-state index is 0.239. The van der Waals surface area contributed by atoms with E-state index in [0.29, 0.717) is 30.9 Å². The number of nitrogens with one attached hydrogen (secondary N) is 1. The number of sulfone groups is 1. The first kappa shape index (κ1) is 15.6. The van der Waals surface area contributed by atoms with Gasteiger partial charge < -0.3 is 14.9 Å². The topological polar surface area (TPSA) is 105 Å². The van der Waals surface area contributed by atoms with Gasteiger partial charge in [-0.3, -0.25) is 0 Å². The molecular formula is C13H17N3O4S. The molecule has 0 radical (unpaired) electrons. The largest absolute Gasteiger partial charge is 0.387 e. The first-order valence-electron chi connectivity index (χ1n) is 6.41. The van der Waals surface area contributed by atoms with Crippen LogP contribution in [0.3, 0.4) is 0 Å². The molecule has 0 saturated carbocycles. The molecule has 114 valence electrons. The van der Waals surface area contributed by atoms with Gasteiger partial charge in [-0.05, 0) is 17.7 Å². The molecule has 1 aromatic carbocycles. The maximum Gasteiger partial charge on any atom is 0.213 e. The first-order valence-corrected chi connectivity index (χ1v) is 8.30. The van der Waals surface area contributed by atoms with E-state index in [2.05, 4.69) is 20.0 Å². The van der Waals surface area contributed by atoms with Gasteiger partial charge in [-0.2, -0.15) is 4.98 Å². The Morgan fingerprint density at radius 1 is 1.33 bits per heavy atom. The van der Waals surface area contributed by atoms with E-state index in [4.69, 9.17) is 0 Å². The first-order chi connectivity index (χ1) is 9.97. The Bertz CT molecular complexity index is 653. The summed E-state index contributed by atoms with van der Waals surface area (Å²) in [7, 11) is -3.21. The summed E-state index contributed by atoms with van der Waals surface area (Å²) in [5.41, 5.74) is 0.662. The molecule has 1 aromatic heterocycles. The average molecular weight is 311 g/mol. The summed E-state index contributed by atoms with van der Waals surface area (Å²) in [4.78, 5) is 4.13. The summed E-state index contributed by atoms with van der Waals surface area (Å²) in [6.45, 7) is 0.966. The lowest BCUT2D eigenvalue weighted by Crippen LogP contribution is -2.24. The molecule has 0 amide bonds. The van der Waals surface area contributed by atoms with Crippen LogP contribution in [0.5, 0.6) is 0 Å². The smallest absolute Gasteiger partial charge is 0.213 e. The molecule has 0 fully saturated rings. The zero-order valence-corrected chi connectivity index (χ0v) is 12.4. The van der Waals surface area contributed by atoms with Gasteiger partial charge in [0.15, 0.2) is 15.7 Å². The van der Waals surface area contributed by atoms with E-state index in [-0.39, 0.29) is 4.90 Å². The van der Waals surface area contributed by atoms with Crippen LogP contribution in [0.1, 0.15) is 17.5 Å². The molecule has 0 aliphatic carbocycles. The number of aliphatic hydroxyl groups excluding tert-OH is 1. The summed E-state index contributed by atoms with van der Waals surface area (Å²) in [6.07, 6.45) is 2.32. The van der Waals surface area contributed by atoms with Crippen LogP contribution in [0.25, 0.3) is 0 Å². The second-order valence-electron chi connectivity index (χ2n) is 4.66. The number of nitrogens with zero attached hydrogens (tertiary/aromatic N) is 2. The third kappa shape index (κ3) is 4.62. The van der Waals surface area contributed by atoms with Crippen molar-refractivity contribution in [2.45, 2.75) is 17.4 Å². The third-order valence-electron chi connectivity index (χ3n) is 2.96. The van der Waals surface area contributed by atoms with Crippen molar-refractivity contribution >= 4 is 9.84 Å². The van der Waals surface area contributed by atoms with Crippen LogP contribution in [-0.2, 0) is 16.3 Å². The Hall–Kier alpha value is -1.77. The molecule has 1 heterocycles. The fourth-order valence-corrected chi connectivity index (χ4v) is 2.43. The molecule has 2 N–H and O–H groups in total. The minimum atomic E-state index is -3.21. The highest BCUT2D eigenvalue weighted by atomic mass is 32.2. The number of hydrogen-bond donors (Lipinski definition) is 2. The molecule has 0 aliphatic rings. The molecule has 1 atom stereocenters. The van der Waals surface area contributed by atoms with Crippen molar-refractivity contribution in [1.29, 1.82) is 0 Å². The summed E-state index contributed by atoms with van der Waals surface area (Å²) in [5, 5.41) is 16.8. The quantitative estimate of drug-likeness (QED) is 0.710. The van der Waals surface area contributed by atoms with E-state index in [1.54, 1.807) is 12.1 Å². The Labute approximate surface area is 122 Å². The second-order valence-corrected chi connectivity index (χ2v) is 6.67. The van der Waals surface area contributed by atoms with Crippen LogP contribution >= 0.6 is 0 Å². The van der Waals surface area contributed by atoms with Gasteiger partial charge in [0.1, 0.15) is 0 Å². The fraction of sp³-hybridized carbons (Fsp3) is 0.385. The highest BCUT2D eigenvalue weighted by molar-refractivity contribution is 7.90. The van der Waals surface area contributed by atoms with Crippen molar-refractivity contribution in [2.24, 2.45) is 0 Å². The van der Waals surface area contributed by atoms with Gasteiger partial charge in [0.2, 0.25) is 6.39 Å². The molecule has 21 heavy (non-hydrogen) atoms. The highest BCUT2D eigenvalue weighted by Crippen LogP contribution is 2.15. The van der Waals surface area contributed by atoms with E-state index in [1.807, 2.05) is 0 Å². The van der Waals surface area contributed by atoms with E-state index >= 15 is 0 Å². The number of rotatable bonds is 7. The van der Waals surface area contributed by atoms with E-state index in [1.165, 1.54) is 18.5 Å². The van der Waals surface area contributed by atoms with Crippen LogP contribution in [-0.4, -0.2) is 43.0 Å². The molecule has 7 nitrogen and oxygen atoms in total. The second kappa shape index (κ2) is 6.79. The van der Waals surface area contributed by atoms with Gasteiger partial charge in [0, 0.05) is 25.8 Å². The van der Waals surface area contributed by atoms with Crippen LogP contribution < -0.4 is 5.32 Å². The highest BCUT2D eigenvalue weighted by Gasteiger charge is 2.10. The van der Waals surface area contributed by atoms with Crippen molar-refractivity contribution < 1.29 is 18.0 Å². The van der Waals surface area contributed by atoms with Gasteiger partial charge >= 0.3 is 0 Å². The van der Waals surface area contributed by atoms with Crippen molar-refractivity contribution in [3.63, 3.8) is 0 Å². The monoisotopic (exact) mass is 311 g/mol. The average Bonchev–Trinajstić information content (AvgIpc) is 2.96. The van der Waals surface area contributed by atoms with Crippen molar-refractivity contribution in [2.75, 3.05) is 19.3 Å². The summed E-state index contributed by atoms with van der Waals surface area (Å²) in [5.74, 6) is 0.606. The molecule has 0 aliphatic heterocycles. The Kier molecular flexibility index (Phi) is 5.05. The number of aromatic nitrogens is 2. The molecule has 2 aromatic rings. The molecule has 0 saturated heterocycles. The lowest BCUT2D eigenvalue weighted by molar-refractivity contribution is 0.175. The fourth-order valence-electron chi connectivity index (χ4n) is 1.80. The maximum absolute atomic E-state index is 11.3. The Balaban J connectivity index is 1.81. The minimum Gasteiger partial charge on any atom is -0.387 e. The number of aliphatic hydroxyl groups is 1. The summed E-state index contributed by atoms with van der Waals surface area (Å²) >= 11 is 0. The number of benzene rings is 1. The van der Waals surface area contributed by atoms with E-state index < -0.39 is 15.9 Å². The Morgan fingerprint density at radius 2 is 2.05 bits per heavy atom. The molecule has 2 rings (SSSR count). The van der Waals surface area contributed by atoms with Crippen LogP contribution in [0.2, 0.25) is 0 Å². The normalized spacial score (nSPS) is 13.2. The van der Waals surface area contributed by atoms with Crippen LogP contribution in [0.15, 0.2) is 40.1 Å². The maximum atomic E-state index is 11.3. The van der Waals surface area contributed by atoms with Crippen molar-refractivity contribution in [3.8, 4) is 0 Å². The van der Waals surface area contributed by atoms with Gasteiger partial charge in [-0.15, -0.1) is 0 Å². The predicted molar refractivity (Wildman–Crippen MR) is 75.4 cm³/mol. The standard InChI is InChI=1S/C13H17N3O4S/c1-21(18,19)11-4-2-10(3-5-11)12(17)8-14-7-6-13-15-9-20-16-13/h2-5,9,12,14,17H,6-8H2,1H3. The van der Waals surface area contributed by atoms with Gasteiger partial charge in [-0.1, -0.05) is 17.3 Å². The summed E-state index contributed by atoms with van der Waals surface area (Å²) in [6, 6.07) is 6.21. The van der Waals surface area contributed by atoms with Gasteiger partial charge in [0.25, 0.3) is 0 Å². The van der Waals surface area contributed by atoms with Crippen molar-refractivity contribution in [1.82, 2.24) is 15.5 Å². The molecule has 0 bridgehead atoms. The van der Waals surface area contributed by atoms with Gasteiger partial charge in [0.05, 0.1) is 11.0 Å². The van der Waals surface area contributed by atoms with Crippen LogP contribution in [0, 0.1) is 0 Å².